The minimum Gasteiger partial charge on any atom is -0.0946 e. The molecule has 1 saturated carbocycles. The van der Waals surface area contributed by atoms with E-state index >= 15 is 0 Å². The monoisotopic (exact) mass is 661 g/mol. The molecule has 0 unspecified atom stereocenters. The topological polar surface area (TPSA) is 0 Å². The minimum atomic E-state index is 0.101. The molecule has 0 amide bonds. The summed E-state index contributed by atoms with van der Waals surface area (Å²) in [6, 6.07) is 0. The Hall–Kier alpha value is 1.72. The highest BCUT2D eigenvalue weighted by Crippen LogP contribution is 2.88. The van der Waals surface area contributed by atoms with E-state index in [1.807, 2.05) is 0 Å². The Balaban J connectivity index is 4.18. The minimum absolute atomic E-state index is 0.101. The lowest BCUT2D eigenvalue weighted by Crippen LogP contribution is -2.54. The van der Waals surface area contributed by atoms with E-state index in [-0.39, 0.29) is 31.7 Å². The standard InChI is InChI=1S/C38H80P4/c1-9-17-29-39(30-18-10-2)37(40(31-19-11-3)32-20-12-4)27-25-26-28-38(37,41(33-21-13-5)34-22-14-6)42(35-23-15-7)36-24-16-8/h9-36H2,1-8H3. The molecule has 1 fully saturated rings. The molecule has 0 nitrogen and oxygen atoms in total. The zero-order valence-electron chi connectivity index (χ0n) is 30.6. The quantitative estimate of drug-likeness (QED) is 0.0733. The number of hydrogen-bond donors (Lipinski definition) is 0. The van der Waals surface area contributed by atoms with Crippen LogP contribution in [0.1, 0.15) is 184 Å². The third-order valence-corrected chi connectivity index (χ3v) is 27.8. The van der Waals surface area contributed by atoms with Crippen LogP contribution < -0.4 is 0 Å². The maximum Gasteiger partial charge on any atom is 0.0240 e. The van der Waals surface area contributed by atoms with Crippen LogP contribution in [0.25, 0.3) is 0 Å². The van der Waals surface area contributed by atoms with Crippen molar-refractivity contribution in [3.8, 4) is 0 Å². The molecule has 0 aromatic carbocycles. The predicted octanol–water partition coefficient (Wildman–Crippen LogP) is 15.3. The van der Waals surface area contributed by atoms with Gasteiger partial charge in [-0.2, -0.15) is 0 Å². The Morgan fingerprint density at radius 3 is 0.619 bits per heavy atom. The van der Waals surface area contributed by atoms with E-state index in [1.165, 1.54) is 103 Å². The molecule has 0 spiro atoms. The second-order valence-electron chi connectivity index (χ2n) is 13.6. The molecule has 0 saturated heterocycles. The van der Waals surface area contributed by atoms with Crippen LogP contribution in [-0.4, -0.2) is 59.1 Å². The van der Waals surface area contributed by atoms with Crippen LogP contribution >= 0.6 is 31.7 Å². The van der Waals surface area contributed by atoms with Gasteiger partial charge in [0, 0.05) is 9.79 Å². The summed E-state index contributed by atoms with van der Waals surface area (Å²) >= 11 is 0. The van der Waals surface area contributed by atoms with Crippen LogP contribution in [0.15, 0.2) is 0 Å². The summed E-state index contributed by atoms with van der Waals surface area (Å²) in [7, 11) is 0.405. The summed E-state index contributed by atoms with van der Waals surface area (Å²) in [6.45, 7) is 20.0. The molecule has 1 aliphatic rings. The number of hydrogen-bond acceptors (Lipinski definition) is 0. The molecular formula is C38H80P4. The van der Waals surface area contributed by atoms with Gasteiger partial charge in [0.05, 0.1) is 0 Å². The molecule has 0 atom stereocenters. The van der Waals surface area contributed by atoms with Gasteiger partial charge in [-0.05, 0) is 114 Å². The summed E-state index contributed by atoms with van der Waals surface area (Å²) in [4.78, 5) is 1.51. The highest BCUT2D eigenvalue weighted by atomic mass is 31.2. The smallest absolute Gasteiger partial charge is 0.0240 e. The molecule has 1 rings (SSSR count). The van der Waals surface area contributed by atoms with Gasteiger partial charge in [-0.15, -0.1) is 0 Å². The molecule has 4 heteroatoms. The maximum absolute atomic E-state index is 2.50. The van der Waals surface area contributed by atoms with Crippen molar-refractivity contribution >= 4 is 31.7 Å². The van der Waals surface area contributed by atoms with Crippen LogP contribution in [-0.2, 0) is 0 Å². The Morgan fingerprint density at radius 1 is 0.310 bits per heavy atom. The second-order valence-corrected chi connectivity index (χ2v) is 25.3. The maximum atomic E-state index is 2.50. The van der Waals surface area contributed by atoms with Gasteiger partial charge in [0.2, 0.25) is 0 Å². The van der Waals surface area contributed by atoms with Crippen molar-refractivity contribution in [3.05, 3.63) is 0 Å². The van der Waals surface area contributed by atoms with E-state index in [4.69, 9.17) is 0 Å². The van der Waals surface area contributed by atoms with Crippen LogP contribution in [0.5, 0.6) is 0 Å². The lowest BCUT2D eigenvalue weighted by Gasteiger charge is -2.67. The first-order valence-electron chi connectivity index (χ1n) is 19.5. The van der Waals surface area contributed by atoms with Gasteiger partial charge in [0.15, 0.2) is 0 Å². The van der Waals surface area contributed by atoms with Gasteiger partial charge in [-0.3, -0.25) is 0 Å². The summed E-state index contributed by atoms with van der Waals surface area (Å²) < 4.78 is 0. The van der Waals surface area contributed by atoms with Crippen molar-refractivity contribution in [1.82, 2.24) is 0 Å². The van der Waals surface area contributed by atoms with E-state index in [9.17, 15) is 0 Å². The van der Waals surface area contributed by atoms with E-state index in [0.717, 1.165) is 9.79 Å². The average Bonchev–Trinajstić information content (AvgIpc) is 3.01. The van der Waals surface area contributed by atoms with E-state index in [1.54, 1.807) is 75.0 Å². The molecule has 0 aliphatic heterocycles. The second kappa shape index (κ2) is 25.8. The third kappa shape index (κ3) is 12.1. The highest BCUT2D eigenvalue weighted by molar-refractivity contribution is 7.85. The van der Waals surface area contributed by atoms with Crippen molar-refractivity contribution < 1.29 is 0 Å². The van der Waals surface area contributed by atoms with Crippen molar-refractivity contribution in [3.63, 3.8) is 0 Å². The summed E-state index contributed by atoms with van der Waals surface area (Å²) in [6.07, 6.45) is 42.9. The molecule has 1 aliphatic carbocycles. The zero-order valence-corrected chi connectivity index (χ0v) is 34.2. The van der Waals surface area contributed by atoms with Crippen molar-refractivity contribution in [1.29, 1.82) is 0 Å². The average molecular weight is 661 g/mol. The van der Waals surface area contributed by atoms with Gasteiger partial charge in [0.1, 0.15) is 0 Å². The Kier molecular flexibility index (Phi) is 25.6. The lowest BCUT2D eigenvalue weighted by molar-refractivity contribution is 0.448. The Bertz CT molecular complexity index is 484. The van der Waals surface area contributed by atoms with Crippen LogP contribution in [0.4, 0.5) is 0 Å². The Morgan fingerprint density at radius 2 is 0.476 bits per heavy atom. The molecule has 0 bridgehead atoms. The number of unbranched alkanes of at least 4 members (excludes halogenated alkanes) is 8. The van der Waals surface area contributed by atoms with Gasteiger partial charge < -0.3 is 0 Å². The summed E-state index contributed by atoms with van der Waals surface area (Å²) in [5.74, 6) is 0. The van der Waals surface area contributed by atoms with Crippen molar-refractivity contribution in [2.45, 2.75) is 194 Å². The normalized spacial score (nSPS) is 16.9. The van der Waals surface area contributed by atoms with Crippen molar-refractivity contribution in [2.24, 2.45) is 0 Å². The first-order valence-corrected chi connectivity index (χ1v) is 26.4. The molecule has 0 heterocycles. The first kappa shape index (κ1) is 41.7. The molecule has 252 valence electrons. The molecule has 0 aromatic rings. The fourth-order valence-corrected chi connectivity index (χ4v) is 30.7. The molecule has 0 radical (unpaired) electrons. The van der Waals surface area contributed by atoms with Crippen LogP contribution in [0.2, 0.25) is 0 Å². The molecule has 0 aromatic heterocycles. The van der Waals surface area contributed by atoms with Crippen LogP contribution in [0.3, 0.4) is 0 Å². The molecule has 0 N–H and O–H groups in total. The summed E-state index contributed by atoms with van der Waals surface area (Å²) in [5, 5.41) is 0. The summed E-state index contributed by atoms with van der Waals surface area (Å²) in [5.41, 5.74) is 0. The Labute approximate surface area is 273 Å². The molecular weight excluding hydrogens is 580 g/mol. The highest BCUT2D eigenvalue weighted by Gasteiger charge is 2.63. The van der Waals surface area contributed by atoms with Crippen molar-refractivity contribution in [2.75, 3.05) is 49.3 Å². The zero-order chi connectivity index (χ0) is 31.1. The first-order chi connectivity index (χ1) is 20.5. The van der Waals surface area contributed by atoms with E-state index in [0.29, 0.717) is 0 Å². The molecule has 42 heavy (non-hydrogen) atoms. The van der Waals surface area contributed by atoms with Gasteiger partial charge >= 0.3 is 0 Å². The predicted molar refractivity (Wildman–Crippen MR) is 210 cm³/mol. The van der Waals surface area contributed by atoms with Gasteiger partial charge in [-0.1, -0.05) is 151 Å². The largest absolute Gasteiger partial charge is 0.0946 e. The van der Waals surface area contributed by atoms with Crippen LogP contribution in [0, 0.1) is 0 Å². The fraction of sp³-hybridized carbons (Fsp3) is 1.00. The number of rotatable bonds is 28. The lowest BCUT2D eigenvalue weighted by atomic mass is 9.98. The van der Waals surface area contributed by atoms with Gasteiger partial charge in [-0.25, -0.2) is 0 Å². The SMILES string of the molecule is CCCCP(CCCC)C1(P(CCCC)CCCC)CCCCC1(P(CCCC)CCCC)P(CCCC)CCCC. The third-order valence-electron chi connectivity index (χ3n) is 10.3. The fourth-order valence-electron chi connectivity index (χ4n) is 7.91. The van der Waals surface area contributed by atoms with E-state index in [2.05, 4.69) is 55.4 Å². The van der Waals surface area contributed by atoms with Gasteiger partial charge in [0.25, 0.3) is 0 Å². The van der Waals surface area contributed by atoms with E-state index < -0.39 is 0 Å².